The first-order valence-corrected chi connectivity index (χ1v) is 4.89. The van der Waals surface area contributed by atoms with Gasteiger partial charge in [-0.2, -0.15) is 52.7 Å². The first kappa shape index (κ1) is 21.1. The highest BCUT2D eigenvalue weighted by Gasteiger charge is 2.90. The number of rotatable bonds is 7. The predicted octanol–water partition coefficient (Wildman–Crippen LogP) is 2.52. The molecule has 0 fully saturated rings. The second kappa shape index (κ2) is 5.32. The third-order valence-electron chi connectivity index (χ3n) is 2.52. The smallest absolute Gasteiger partial charge is 0.386 e. The van der Waals surface area contributed by atoms with Gasteiger partial charge in [-0.05, 0) is 0 Å². The maximum absolute atomic E-state index is 12.9. The number of halogens is 12. The molecule has 0 rings (SSSR count). The Balaban J connectivity index is 6.19. The highest BCUT2D eigenvalue weighted by Crippen LogP contribution is 2.59. The van der Waals surface area contributed by atoms with Gasteiger partial charge in [-0.15, -0.1) is 0 Å². The fourth-order valence-corrected chi connectivity index (χ4v) is 1.06. The van der Waals surface area contributed by atoms with Crippen molar-refractivity contribution in [2.24, 2.45) is 0 Å². The van der Waals surface area contributed by atoms with Gasteiger partial charge in [0.1, 0.15) is 6.61 Å². The fraction of sp³-hybridized carbons (Fsp3) is 1.00. The lowest BCUT2D eigenvalue weighted by molar-refractivity contribution is -0.428. The zero-order valence-corrected chi connectivity index (χ0v) is 9.90. The number of hydrogen-bond acceptors (Lipinski definition) is 1. The van der Waals surface area contributed by atoms with Gasteiger partial charge in [-0.25, -0.2) is 0 Å². The molecule has 0 aromatic heterocycles. The maximum Gasteiger partial charge on any atom is 0.386 e. The molecule has 0 heterocycles. The Kier molecular flexibility index (Phi) is 5.09. The van der Waals surface area contributed by atoms with Crippen LogP contribution in [0.5, 0.6) is 0 Å². The number of alkyl halides is 12. The van der Waals surface area contributed by atoms with Crippen LogP contribution in [-0.2, 0) is 0 Å². The van der Waals surface area contributed by atoms with Crippen LogP contribution in [0.3, 0.4) is 0 Å². The highest BCUT2D eigenvalue weighted by atomic mass is 19.4. The number of aliphatic hydroxyl groups excluding tert-OH is 1. The van der Waals surface area contributed by atoms with E-state index in [4.69, 9.17) is 10.2 Å². The zero-order valence-electron chi connectivity index (χ0n) is 9.90. The van der Waals surface area contributed by atoms with Crippen LogP contribution in [0, 0.1) is 0 Å². The molecule has 0 aromatic rings. The molecule has 0 amide bonds. The molecular formula is C8H7F12O2+. The summed E-state index contributed by atoms with van der Waals surface area (Å²) in [5, 5.41) is 13.7. The van der Waals surface area contributed by atoms with Gasteiger partial charge in [0, 0.05) is 0 Å². The molecule has 0 aliphatic carbocycles. The normalized spacial score (nSPS) is 16.1. The molecular weight excluding hydrogens is 356 g/mol. The monoisotopic (exact) mass is 363 g/mol. The van der Waals surface area contributed by atoms with Crippen LogP contribution in [0.1, 0.15) is 0 Å². The van der Waals surface area contributed by atoms with E-state index in [2.05, 4.69) is 0 Å². The summed E-state index contributed by atoms with van der Waals surface area (Å²) in [6, 6.07) is 0. The number of hydrogen-bond donors (Lipinski definition) is 1. The molecule has 14 heteroatoms. The fourth-order valence-electron chi connectivity index (χ4n) is 1.06. The van der Waals surface area contributed by atoms with Crippen LogP contribution in [0.25, 0.3) is 0 Å². The second-order valence-corrected chi connectivity index (χ2v) is 4.04. The molecule has 0 saturated heterocycles. The van der Waals surface area contributed by atoms with Gasteiger partial charge in [-0.3, -0.25) is 0 Å². The Morgan fingerprint density at radius 2 is 0.818 bits per heavy atom. The van der Waals surface area contributed by atoms with Crippen LogP contribution in [0.4, 0.5) is 52.7 Å². The van der Waals surface area contributed by atoms with Crippen LogP contribution in [0.2, 0.25) is 0 Å². The molecule has 0 unspecified atom stereocenters. The topological polar surface area (TPSA) is 43.1 Å². The first-order valence-electron chi connectivity index (χ1n) is 4.89. The minimum atomic E-state index is -7.67. The molecule has 0 radical (unpaired) electrons. The summed E-state index contributed by atoms with van der Waals surface area (Å²) < 4.78 is 152. The summed E-state index contributed by atoms with van der Waals surface area (Å²) in [7, 11) is 0. The Hall–Kier alpha value is -0.920. The average Bonchev–Trinajstić information content (AvgIpc) is 2.37. The van der Waals surface area contributed by atoms with Gasteiger partial charge in [0.25, 0.3) is 0 Å². The Labute approximate surface area is 113 Å². The molecule has 0 atom stereocenters. The summed E-state index contributed by atoms with van der Waals surface area (Å²) in [5.41, 5.74) is 0. The van der Waals surface area contributed by atoms with E-state index in [1.165, 1.54) is 0 Å². The van der Waals surface area contributed by atoms with Gasteiger partial charge in [-0.1, -0.05) is 0 Å². The summed E-state index contributed by atoms with van der Waals surface area (Å²) >= 11 is 0. The van der Waals surface area contributed by atoms with Gasteiger partial charge in [0.15, 0.2) is 0 Å². The van der Waals surface area contributed by atoms with E-state index in [9.17, 15) is 52.7 Å². The maximum atomic E-state index is 12.9. The van der Waals surface area contributed by atoms with Crippen molar-refractivity contribution >= 4 is 0 Å². The molecule has 0 saturated carbocycles. The summed E-state index contributed by atoms with van der Waals surface area (Å²) in [4.78, 5) is 0. The number of aliphatic hydroxyl groups is 1. The van der Waals surface area contributed by atoms with Crippen molar-refractivity contribution in [3.8, 4) is 0 Å². The van der Waals surface area contributed by atoms with Crippen LogP contribution >= 0.6 is 0 Å². The lowest BCUT2D eigenvalue weighted by Gasteiger charge is -2.40. The third kappa shape index (κ3) is 2.49. The van der Waals surface area contributed by atoms with Gasteiger partial charge in [0.2, 0.25) is 6.61 Å². The van der Waals surface area contributed by atoms with E-state index >= 15 is 0 Å². The van der Waals surface area contributed by atoms with Crippen LogP contribution in [-0.4, -0.2) is 59.0 Å². The van der Waals surface area contributed by atoms with Crippen molar-refractivity contribution < 1.29 is 62.9 Å². The molecule has 3 N–H and O–H groups in total. The van der Waals surface area contributed by atoms with E-state index in [1.54, 1.807) is 0 Å². The molecule has 22 heavy (non-hydrogen) atoms. The Morgan fingerprint density at radius 3 is 1.05 bits per heavy atom. The molecule has 0 spiro atoms. The highest BCUT2D eigenvalue weighted by molar-refractivity contribution is 5.11. The van der Waals surface area contributed by atoms with Gasteiger partial charge >= 0.3 is 35.5 Å². The van der Waals surface area contributed by atoms with Crippen LogP contribution in [0.15, 0.2) is 0 Å². The van der Waals surface area contributed by atoms with Gasteiger partial charge in [0.05, 0.1) is 0 Å². The van der Waals surface area contributed by atoms with Gasteiger partial charge < -0.3 is 10.2 Å². The van der Waals surface area contributed by atoms with E-state index in [1.807, 2.05) is 0 Å². The largest absolute Gasteiger partial charge is 0.441 e. The quantitative estimate of drug-likeness (QED) is 0.548. The van der Waals surface area contributed by atoms with Crippen molar-refractivity contribution in [3.05, 3.63) is 0 Å². The average molecular weight is 363 g/mol. The lowest BCUT2D eigenvalue weighted by Crippen LogP contribution is -2.71. The SMILES string of the molecule is OCC(F)(F)C(F)(F)C(F)(F)C(F)(F)C(F)(F)C(F)(F)C[OH2+]. The molecule has 0 bridgehead atoms. The lowest BCUT2D eigenvalue weighted by atomic mass is 9.92. The van der Waals surface area contributed by atoms with Crippen molar-refractivity contribution in [1.82, 2.24) is 0 Å². The van der Waals surface area contributed by atoms with E-state index in [0.29, 0.717) is 0 Å². The van der Waals surface area contributed by atoms with E-state index in [-0.39, 0.29) is 0 Å². The third-order valence-corrected chi connectivity index (χ3v) is 2.52. The standard InChI is InChI=1S/C8H6F12O2/c9-3(10,1-21)5(13,14)7(17,18)8(19,20)6(15,16)4(11,12)2-22/h21-22H,1-2H2/p+1. The first-order chi connectivity index (χ1) is 9.37. The Morgan fingerprint density at radius 1 is 0.545 bits per heavy atom. The van der Waals surface area contributed by atoms with E-state index in [0.717, 1.165) is 0 Å². The predicted molar refractivity (Wildman–Crippen MR) is 45.2 cm³/mol. The zero-order chi connectivity index (χ0) is 18.4. The van der Waals surface area contributed by atoms with E-state index < -0.39 is 48.7 Å². The summed E-state index contributed by atoms with van der Waals surface area (Å²) in [5.74, 6) is -42.4. The second-order valence-electron chi connectivity index (χ2n) is 4.04. The van der Waals surface area contributed by atoms with Crippen LogP contribution < -0.4 is 0 Å². The molecule has 0 aliphatic heterocycles. The minimum Gasteiger partial charge on any atom is -0.441 e. The van der Waals surface area contributed by atoms with Crippen molar-refractivity contribution in [2.75, 3.05) is 13.2 Å². The molecule has 0 aromatic carbocycles. The minimum absolute atomic E-state index is 2.91. The molecule has 134 valence electrons. The summed E-state index contributed by atoms with van der Waals surface area (Å²) in [6.07, 6.45) is 0. The van der Waals surface area contributed by atoms with Crippen molar-refractivity contribution in [3.63, 3.8) is 0 Å². The molecule has 2 nitrogen and oxygen atoms in total. The van der Waals surface area contributed by atoms with Crippen molar-refractivity contribution in [2.45, 2.75) is 35.5 Å². The molecule has 0 aliphatic rings. The summed E-state index contributed by atoms with van der Waals surface area (Å²) in [6.45, 7) is -6.06. The Bertz CT molecular complexity index is 366. The van der Waals surface area contributed by atoms with Crippen molar-refractivity contribution in [1.29, 1.82) is 0 Å².